The second-order valence-electron chi connectivity index (χ2n) is 7.95. The van der Waals surface area contributed by atoms with Crippen LogP contribution in [-0.4, -0.2) is 35.8 Å². The van der Waals surface area contributed by atoms with Crippen molar-refractivity contribution < 1.29 is 4.79 Å². The van der Waals surface area contributed by atoms with Crippen molar-refractivity contribution in [3.63, 3.8) is 0 Å². The van der Waals surface area contributed by atoms with Crippen molar-refractivity contribution >= 4 is 34.9 Å². The van der Waals surface area contributed by atoms with E-state index in [-0.39, 0.29) is 17.8 Å². The quantitative estimate of drug-likeness (QED) is 0.0479. The summed E-state index contributed by atoms with van der Waals surface area (Å²) in [7, 11) is 0. The number of carbonyl (C=O) groups excluding carboxylic acids is 1. The fraction of sp³-hybridized carbons (Fsp3) is 0.500. The van der Waals surface area contributed by atoms with Crippen LogP contribution in [0, 0.1) is 0 Å². The Bertz CT molecular complexity index is 945. The number of unbranched alkanes of at least 4 members (excludes halogenated alkanes) is 6. The molecular formula is C22H36N12O. The monoisotopic (exact) mass is 484 g/mol. The van der Waals surface area contributed by atoms with Gasteiger partial charge in [0.15, 0.2) is 0 Å². The molecule has 13 heteroatoms. The van der Waals surface area contributed by atoms with E-state index in [0.29, 0.717) is 41.2 Å². The second-order valence-corrected chi connectivity index (χ2v) is 7.95. The largest absolute Gasteiger partial charge is 0.369 e. The Kier molecular flexibility index (Phi) is 13.6. The van der Waals surface area contributed by atoms with Gasteiger partial charge in [-0.05, 0) is 50.4 Å². The van der Waals surface area contributed by atoms with E-state index in [0.717, 1.165) is 44.9 Å². The van der Waals surface area contributed by atoms with Crippen molar-refractivity contribution in [2.75, 3.05) is 11.9 Å². The van der Waals surface area contributed by atoms with Crippen molar-refractivity contribution in [1.29, 1.82) is 0 Å². The van der Waals surface area contributed by atoms with Gasteiger partial charge >= 0.3 is 0 Å². The van der Waals surface area contributed by atoms with E-state index < -0.39 is 0 Å². The highest BCUT2D eigenvalue weighted by Crippen LogP contribution is 2.18. The van der Waals surface area contributed by atoms with Gasteiger partial charge in [0.05, 0.1) is 11.4 Å². The predicted octanol–water partition coefficient (Wildman–Crippen LogP) is 3.05. The zero-order valence-electron chi connectivity index (χ0n) is 20.4. The maximum Gasteiger partial charge on any atom is 0.224 e. The number of hydrogen-bond acceptors (Lipinski definition) is 6. The van der Waals surface area contributed by atoms with Gasteiger partial charge in [0.1, 0.15) is 0 Å². The highest BCUT2D eigenvalue weighted by Gasteiger charge is 2.09. The molecule has 0 bridgehead atoms. The molecule has 1 amide bonds. The number of nitrogens with two attached hydrogens (primary N) is 4. The summed E-state index contributed by atoms with van der Waals surface area (Å²) in [6.45, 7) is 4.05. The van der Waals surface area contributed by atoms with Crippen molar-refractivity contribution in [2.24, 2.45) is 48.5 Å². The molecule has 0 saturated carbocycles. The molecule has 0 fully saturated rings. The maximum atomic E-state index is 12.5. The summed E-state index contributed by atoms with van der Waals surface area (Å²) in [4.78, 5) is 15.3. The standard InChI is InChI=1S/C22H36N12O/c1-15(30-32-21(23)24)17-12-18(16(2)31-33-22(25)26)14-19(13-17)29-20(35)10-8-6-4-3-5-7-9-11-28-34-27/h12-14H,3-11H2,1-2H3,(H,29,35)(H4,23,24,32)(H4,25,26,33)/b30-15-,31-16+. The van der Waals surface area contributed by atoms with Gasteiger partial charge in [-0.15, -0.1) is 10.2 Å². The van der Waals surface area contributed by atoms with Crippen LogP contribution < -0.4 is 28.3 Å². The van der Waals surface area contributed by atoms with Gasteiger partial charge < -0.3 is 28.3 Å². The Labute approximate surface area is 205 Å². The van der Waals surface area contributed by atoms with Gasteiger partial charge in [0.2, 0.25) is 17.8 Å². The topological polar surface area (TPSA) is 231 Å². The number of guanidine groups is 2. The second kappa shape index (κ2) is 16.5. The van der Waals surface area contributed by atoms with Gasteiger partial charge in [0.25, 0.3) is 0 Å². The lowest BCUT2D eigenvalue weighted by molar-refractivity contribution is -0.116. The first-order valence-electron chi connectivity index (χ1n) is 11.5. The normalized spacial score (nSPS) is 11.4. The highest BCUT2D eigenvalue weighted by atomic mass is 16.1. The summed E-state index contributed by atoms with van der Waals surface area (Å²) in [6, 6.07) is 5.39. The number of azide groups is 1. The van der Waals surface area contributed by atoms with E-state index in [2.05, 4.69) is 35.7 Å². The van der Waals surface area contributed by atoms with Crippen LogP contribution >= 0.6 is 0 Å². The molecule has 0 saturated heterocycles. The van der Waals surface area contributed by atoms with E-state index in [1.807, 2.05) is 6.07 Å². The van der Waals surface area contributed by atoms with Gasteiger partial charge in [-0.2, -0.15) is 10.2 Å². The molecular weight excluding hydrogens is 448 g/mol. The molecule has 0 aliphatic rings. The number of hydrogen-bond donors (Lipinski definition) is 5. The molecule has 0 heterocycles. The maximum absolute atomic E-state index is 12.5. The highest BCUT2D eigenvalue weighted by molar-refractivity contribution is 6.06. The fourth-order valence-corrected chi connectivity index (χ4v) is 3.12. The molecule has 1 aromatic carbocycles. The average Bonchev–Trinajstić information content (AvgIpc) is 2.81. The van der Waals surface area contributed by atoms with Crippen molar-refractivity contribution in [2.45, 2.75) is 65.2 Å². The Hall–Kier alpha value is -4.12. The van der Waals surface area contributed by atoms with Crippen molar-refractivity contribution in [3.05, 3.63) is 39.8 Å². The minimum Gasteiger partial charge on any atom is -0.369 e. The molecule has 1 aromatic rings. The van der Waals surface area contributed by atoms with Crippen molar-refractivity contribution in [3.8, 4) is 0 Å². The van der Waals surface area contributed by atoms with Crippen LogP contribution in [0.5, 0.6) is 0 Å². The van der Waals surface area contributed by atoms with Crippen LogP contribution in [0.25, 0.3) is 10.4 Å². The lowest BCUT2D eigenvalue weighted by atomic mass is 10.0. The van der Waals surface area contributed by atoms with Crippen LogP contribution in [0.15, 0.2) is 43.7 Å². The molecule has 190 valence electrons. The van der Waals surface area contributed by atoms with Gasteiger partial charge in [-0.3, -0.25) is 4.79 Å². The molecule has 0 aliphatic heterocycles. The Balaban J connectivity index is 2.76. The first kappa shape index (κ1) is 28.9. The minimum atomic E-state index is -0.160. The number of nitrogens with zero attached hydrogens (tertiary/aromatic N) is 7. The van der Waals surface area contributed by atoms with E-state index in [1.54, 1.807) is 26.0 Å². The summed E-state index contributed by atoms with van der Waals surface area (Å²) >= 11 is 0. The third kappa shape index (κ3) is 13.2. The molecule has 0 atom stereocenters. The lowest BCUT2D eigenvalue weighted by Crippen LogP contribution is -2.22. The smallest absolute Gasteiger partial charge is 0.224 e. The SMILES string of the molecule is C/C(=N/N=C(N)N)c1cc(NC(=O)CCCCCCCCCN=[N+]=[N-])cc(/C(C)=N/N=C(N)N)c1. The predicted molar refractivity (Wildman–Crippen MR) is 142 cm³/mol. The molecule has 9 N–H and O–H groups in total. The van der Waals surface area contributed by atoms with Gasteiger partial charge in [0, 0.05) is 34.7 Å². The molecule has 0 aliphatic carbocycles. The lowest BCUT2D eigenvalue weighted by Gasteiger charge is -2.11. The number of nitrogens with one attached hydrogen (secondary N) is 1. The third-order valence-electron chi connectivity index (χ3n) is 4.91. The minimum absolute atomic E-state index is 0.0832. The first-order valence-corrected chi connectivity index (χ1v) is 11.5. The number of benzene rings is 1. The molecule has 0 spiro atoms. The number of carbonyl (C=O) groups is 1. The van der Waals surface area contributed by atoms with E-state index >= 15 is 0 Å². The molecule has 0 unspecified atom stereocenters. The van der Waals surface area contributed by atoms with E-state index in [1.165, 1.54) is 0 Å². The van der Waals surface area contributed by atoms with Crippen LogP contribution in [0.2, 0.25) is 0 Å². The third-order valence-corrected chi connectivity index (χ3v) is 4.91. The van der Waals surface area contributed by atoms with Crippen LogP contribution in [-0.2, 0) is 4.79 Å². The molecule has 0 radical (unpaired) electrons. The molecule has 13 nitrogen and oxygen atoms in total. The average molecular weight is 485 g/mol. The first-order chi connectivity index (χ1) is 16.7. The van der Waals surface area contributed by atoms with Gasteiger partial charge in [-0.25, -0.2) is 0 Å². The summed E-state index contributed by atoms with van der Waals surface area (Å²) in [6.07, 6.45) is 7.43. The molecule has 35 heavy (non-hydrogen) atoms. The Morgan fingerprint density at radius 1 is 0.800 bits per heavy atom. The number of anilines is 1. The molecule has 1 rings (SSSR count). The summed E-state index contributed by atoms with van der Waals surface area (Å²) in [5.41, 5.74) is 32.8. The zero-order chi connectivity index (χ0) is 26.1. The Morgan fingerprint density at radius 3 is 1.77 bits per heavy atom. The summed E-state index contributed by atoms with van der Waals surface area (Å²) in [5, 5.41) is 21.8. The Morgan fingerprint density at radius 2 is 1.29 bits per heavy atom. The number of rotatable bonds is 15. The van der Waals surface area contributed by atoms with E-state index in [9.17, 15) is 4.79 Å². The summed E-state index contributed by atoms with van der Waals surface area (Å²) in [5.74, 6) is -0.402. The van der Waals surface area contributed by atoms with Crippen LogP contribution in [0.3, 0.4) is 0 Å². The van der Waals surface area contributed by atoms with Gasteiger partial charge in [-0.1, -0.05) is 37.2 Å². The van der Waals surface area contributed by atoms with Crippen LogP contribution in [0.1, 0.15) is 76.3 Å². The zero-order valence-corrected chi connectivity index (χ0v) is 20.4. The fourth-order valence-electron chi connectivity index (χ4n) is 3.12. The van der Waals surface area contributed by atoms with E-state index in [4.69, 9.17) is 28.5 Å². The van der Waals surface area contributed by atoms with Crippen LogP contribution in [0.4, 0.5) is 5.69 Å². The summed E-state index contributed by atoms with van der Waals surface area (Å²) < 4.78 is 0. The number of amides is 1. The van der Waals surface area contributed by atoms with Crippen molar-refractivity contribution in [1.82, 2.24) is 0 Å². The molecule has 0 aromatic heterocycles.